The van der Waals surface area contributed by atoms with Gasteiger partial charge < -0.3 is 5.73 Å². The zero-order chi connectivity index (χ0) is 17.3. The lowest BCUT2D eigenvalue weighted by atomic mass is 9.95. The smallest absolute Gasteiger partial charge is 0.398 e. The van der Waals surface area contributed by atoms with Crippen LogP contribution in [0.25, 0.3) is 28.0 Å². The van der Waals surface area contributed by atoms with E-state index in [-0.39, 0.29) is 16.7 Å². The molecule has 0 saturated heterocycles. The number of hydrogen-bond acceptors (Lipinski definition) is 2. The Morgan fingerprint density at radius 2 is 1.67 bits per heavy atom. The first-order valence-corrected chi connectivity index (χ1v) is 8.00. The number of rotatable bonds is 3. The average molecular weight is 345 g/mol. The molecule has 0 fully saturated rings. The molecular weight excluding hydrogens is 331 g/mol. The summed E-state index contributed by atoms with van der Waals surface area (Å²) in [6.07, 6.45) is 1.76. The minimum absolute atomic E-state index is 0.125. The molecule has 0 bridgehead atoms. The Balaban J connectivity index is 2.08. The minimum atomic E-state index is -4.29. The lowest BCUT2D eigenvalue weighted by Crippen LogP contribution is -1.98. The van der Waals surface area contributed by atoms with E-state index in [4.69, 9.17) is 5.73 Å². The van der Waals surface area contributed by atoms with E-state index in [2.05, 4.69) is 6.58 Å². The van der Waals surface area contributed by atoms with Crippen LogP contribution in [0.5, 0.6) is 0 Å². The molecule has 3 aromatic rings. The largest absolute Gasteiger partial charge is 0.446 e. The molecule has 0 atom stereocenters. The molecule has 0 aliphatic carbocycles. The van der Waals surface area contributed by atoms with Gasteiger partial charge in [-0.2, -0.15) is 13.2 Å². The summed E-state index contributed by atoms with van der Waals surface area (Å²) in [6, 6.07) is 15.9. The predicted octanol–water partition coefficient (Wildman–Crippen LogP) is 6.34. The van der Waals surface area contributed by atoms with Crippen LogP contribution < -0.4 is 5.73 Å². The van der Waals surface area contributed by atoms with E-state index in [0.29, 0.717) is 5.69 Å². The number of alkyl halides is 3. The van der Waals surface area contributed by atoms with E-state index in [1.54, 1.807) is 18.2 Å². The lowest BCUT2D eigenvalue weighted by molar-refractivity contribution is -0.0328. The first kappa shape index (κ1) is 16.5. The number of halogens is 3. The molecule has 0 aromatic heterocycles. The highest BCUT2D eigenvalue weighted by molar-refractivity contribution is 8.00. The maximum absolute atomic E-state index is 12.4. The summed E-state index contributed by atoms with van der Waals surface area (Å²) in [6.45, 7) is 3.76. The van der Waals surface area contributed by atoms with Crippen molar-refractivity contribution in [3.63, 3.8) is 0 Å². The maximum atomic E-state index is 12.4. The first-order valence-electron chi connectivity index (χ1n) is 7.18. The van der Waals surface area contributed by atoms with Crippen molar-refractivity contribution in [2.24, 2.45) is 0 Å². The third kappa shape index (κ3) is 3.41. The molecule has 2 N–H and O–H groups in total. The molecule has 0 spiro atoms. The normalized spacial score (nSPS) is 11.6. The van der Waals surface area contributed by atoms with Gasteiger partial charge in [-0.05, 0) is 57.9 Å². The predicted molar refractivity (Wildman–Crippen MR) is 95.8 cm³/mol. The highest BCUT2D eigenvalue weighted by atomic mass is 32.2. The molecule has 3 aromatic carbocycles. The van der Waals surface area contributed by atoms with Gasteiger partial charge in [0.05, 0.1) is 0 Å². The second-order valence-corrected chi connectivity index (χ2v) is 6.43. The van der Waals surface area contributed by atoms with Crippen LogP contribution in [0.1, 0.15) is 5.56 Å². The second-order valence-electron chi connectivity index (χ2n) is 5.29. The van der Waals surface area contributed by atoms with Crippen molar-refractivity contribution < 1.29 is 13.2 Å². The number of hydrogen-bond donors (Lipinski definition) is 1. The molecule has 0 saturated carbocycles. The molecule has 24 heavy (non-hydrogen) atoms. The summed E-state index contributed by atoms with van der Waals surface area (Å²) in [5, 5.41) is 1.96. The number of fused-ring (bicyclic) bond motifs is 1. The van der Waals surface area contributed by atoms with Gasteiger partial charge in [0, 0.05) is 16.1 Å². The number of anilines is 1. The number of benzene rings is 3. The van der Waals surface area contributed by atoms with E-state index in [0.717, 1.165) is 27.5 Å². The van der Waals surface area contributed by atoms with Crippen molar-refractivity contribution in [3.8, 4) is 11.1 Å². The van der Waals surface area contributed by atoms with Gasteiger partial charge in [-0.15, -0.1) is 0 Å². The van der Waals surface area contributed by atoms with Gasteiger partial charge >= 0.3 is 5.51 Å². The highest BCUT2D eigenvalue weighted by Crippen LogP contribution is 2.39. The summed E-state index contributed by atoms with van der Waals surface area (Å²) in [7, 11) is 0. The molecule has 5 heteroatoms. The number of thioether (sulfide) groups is 1. The van der Waals surface area contributed by atoms with Crippen molar-refractivity contribution in [3.05, 3.63) is 66.7 Å². The number of nitrogens with two attached hydrogens (primary N) is 1. The Morgan fingerprint density at radius 1 is 0.958 bits per heavy atom. The fourth-order valence-electron chi connectivity index (χ4n) is 2.64. The van der Waals surface area contributed by atoms with E-state index >= 15 is 0 Å². The Kier molecular flexibility index (Phi) is 4.28. The molecule has 0 aliphatic rings. The van der Waals surface area contributed by atoms with Gasteiger partial charge in [0.15, 0.2) is 0 Å². The molecule has 0 aliphatic heterocycles. The zero-order valence-electron chi connectivity index (χ0n) is 12.6. The summed E-state index contributed by atoms with van der Waals surface area (Å²) in [5.41, 5.74) is 5.03. The Bertz CT molecular complexity index is 899. The van der Waals surface area contributed by atoms with Crippen molar-refractivity contribution in [2.45, 2.75) is 10.4 Å². The monoisotopic (exact) mass is 345 g/mol. The molecule has 122 valence electrons. The first-order chi connectivity index (χ1) is 11.4. The van der Waals surface area contributed by atoms with Crippen LogP contribution in [0.2, 0.25) is 0 Å². The third-order valence-corrected chi connectivity index (χ3v) is 4.43. The van der Waals surface area contributed by atoms with Crippen molar-refractivity contribution in [1.82, 2.24) is 0 Å². The molecule has 1 nitrogen and oxygen atoms in total. The third-order valence-electron chi connectivity index (χ3n) is 3.69. The lowest BCUT2D eigenvalue weighted by Gasteiger charge is -2.12. The van der Waals surface area contributed by atoms with Crippen molar-refractivity contribution >= 4 is 34.3 Å². The zero-order valence-corrected chi connectivity index (χ0v) is 13.4. The van der Waals surface area contributed by atoms with Crippen LogP contribution in [0, 0.1) is 0 Å². The van der Waals surface area contributed by atoms with Gasteiger partial charge in [0.2, 0.25) is 0 Å². The molecule has 0 unspecified atom stereocenters. The highest BCUT2D eigenvalue weighted by Gasteiger charge is 2.29. The molecule has 3 rings (SSSR count). The van der Waals surface area contributed by atoms with E-state index in [1.165, 1.54) is 12.1 Å². The summed E-state index contributed by atoms with van der Waals surface area (Å²) < 4.78 is 37.3. The number of nitrogen functional groups attached to an aromatic ring is 1. The van der Waals surface area contributed by atoms with Gasteiger partial charge in [0.1, 0.15) is 0 Å². The van der Waals surface area contributed by atoms with Crippen LogP contribution in [-0.4, -0.2) is 5.51 Å². The Labute approximate surface area is 142 Å². The Hall–Kier alpha value is -2.40. The maximum Gasteiger partial charge on any atom is 0.446 e. The standard InChI is InChI=1S/C19H14F3NS/c1-2-12-3-9-16-14(11-12)6-10-17(23)18(16)13-4-7-15(8-5-13)24-19(20,21)22/h2-11H,1,23H2. The topological polar surface area (TPSA) is 26.0 Å². The Morgan fingerprint density at radius 3 is 2.29 bits per heavy atom. The van der Waals surface area contributed by atoms with Gasteiger partial charge in [-0.25, -0.2) is 0 Å². The van der Waals surface area contributed by atoms with Crippen LogP contribution >= 0.6 is 11.8 Å². The molecule has 0 radical (unpaired) electrons. The van der Waals surface area contributed by atoms with Gasteiger partial charge in [-0.1, -0.05) is 43.0 Å². The van der Waals surface area contributed by atoms with Crippen LogP contribution in [0.4, 0.5) is 18.9 Å². The molecule has 0 heterocycles. The summed E-state index contributed by atoms with van der Waals surface area (Å²) in [5.74, 6) is 0. The molecular formula is C19H14F3NS. The van der Waals surface area contributed by atoms with E-state index < -0.39 is 5.51 Å². The fourth-order valence-corrected chi connectivity index (χ4v) is 3.18. The van der Waals surface area contributed by atoms with Crippen LogP contribution in [-0.2, 0) is 0 Å². The summed E-state index contributed by atoms with van der Waals surface area (Å²) in [4.78, 5) is 0.152. The molecule has 0 amide bonds. The van der Waals surface area contributed by atoms with Crippen molar-refractivity contribution in [1.29, 1.82) is 0 Å². The fraction of sp³-hybridized carbons (Fsp3) is 0.0526. The SMILES string of the molecule is C=Cc1ccc2c(-c3ccc(SC(F)(F)F)cc3)c(N)ccc2c1. The average Bonchev–Trinajstić information content (AvgIpc) is 2.54. The quantitative estimate of drug-likeness (QED) is 0.442. The van der Waals surface area contributed by atoms with Crippen molar-refractivity contribution in [2.75, 3.05) is 5.73 Å². The second kappa shape index (κ2) is 6.24. The minimum Gasteiger partial charge on any atom is -0.398 e. The van der Waals surface area contributed by atoms with Crippen LogP contribution in [0.15, 0.2) is 66.1 Å². The van der Waals surface area contributed by atoms with Gasteiger partial charge in [-0.3, -0.25) is 0 Å². The summed E-state index contributed by atoms with van der Waals surface area (Å²) >= 11 is -0.125. The van der Waals surface area contributed by atoms with E-state index in [1.807, 2.05) is 30.3 Å². The van der Waals surface area contributed by atoms with E-state index in [9.17, 15) is 13.2 Å². The van der Waals surface area contributed by atoms with Crippen LogP contribution in [0.3, 0.4) is 0 Å². The van der Waals surface area contributed by atoms with Gasteiger partial charge in [0.25, 0.3) is 0 Å².